The third-order valence-electron chi connectivity index (χ3n) is 12.4. The van der Waals surface area contributed by atoms with Gasteiger partial charge in [0.05, 0.1) is 31.4 Å². The van der Waals surface area contributed by atoms with Gasteiger partial charge < -0.3 is 30.6 Å². The minimum Gasteiger partial charge on any atom is -0.481 e. The Morgan fingerprint density at radius 2 is 1.77 bits per heavy atom. The minimum atomic E-state index is -0.567. The van der Waals surface area contributed by atoms with Crippen LogP contribution in [0, 0.1) is 5.92 Å². The standard InChI is InChI=1S/C45H57BN9O5S/c1-28(47-3)41(57)53-39(30-10-6-5-7-11-30)45(59)54-23-9-14-38(54)44-52-37(27-61-44)40(56)32-12-8-13-34(24-32)46-33-15-17-36(18-16-33)55-26-35(25-49-55)51-42(58)29(2)50-43(60-4)31-19-21-48-22-20-31/h8,12-13,19-22,24,26-28,30,33,36,38-39,47,49H,2,5-7,9-11,14-18,23,25H2,1,3-4H3,(H,51,58)(H,53,57)/t28-,33?,36?,38-,39-/m0/s1. The molecule has 14 nitrogen and oxygen atoms in total. The number of likely N-dealkylation sites (tertiary alicyclic amines) is 1. The van der Waals surface area contributed by atoms with Crippen molar-refractivity contribution in [1.82, 2.24) is 41.3 Å². The molecule has 16 heteroatoms. The van der Waals surface area contributed by atoms with Crippen molar-refractivity contribution in [2.45, 2.75) is 108 Å². The molecule has 0 bridgehead atoms. The summed E-state index contributed by atoms with van der Waals surface area (Å²) in [6.07, 6.45) is 15.9. The zero-order valence-corrected chi connectivity index (χ0v) is 36.2. The molecule has 4 aliphatic rings. The first-order valence-corrected chi connectivity index (χ1v) is 22.5. The third-order valence-corrected chi connectivity index (χ3v) is 13.4. The van der Waals surface area contributed by atoms with Crippen molar-refractivity contribution in [2.75, 3.05) is 27.2 Å². The molecule has 2 aliphatic carbocycles. The van der Waals surface area contributed by atoms with Crippen LogP contribution >= 0.6 is 11.3 Å². The van der Waals surface area contributed by atoms with Gasteiger partial charge in [0.1, 0.15) is 22.4 Å². The lowest BCUT2D eigenvalue weighted by molar-refractivity contribution is -0.139. The van der Waals surface area contributed by atoms with Gasteiger partial charge in [-0.05, 0) is 70.5 Å². The molecular formula is C45H57BN9O5S. The van der Waals surface area contributed by atoms with Crippen LogP contribution in [0.3, 0.4) is 0 Å². The summed E-state index contributed by atoms with van der Waals surface area (Å²) in [6, 6.07) is 10.4. The molecule has 4 heterocycles. The van der Waals surface area contributed by atoms with Gasteiger partial charge >= 0.3 is 0 Å². The second-order valence-corrected chi connectivity index (χ2v) is 17.4. The zero-order chi connectivity index (χ0) is 42.9. The van der Waals surface area contributed by atoms with Gasteiger partial charge in [-0.3, -0.25) is 24.2 Å². The van der Waals surface area contributed by atoms with Crippen molar-refractivity contribution in [2.24, 2.45) is 10.9 Å². The molecule has 1 saturated heterocycles. The number of nitrogens with zero attached hydrogens (tertiary/aromatic N) is 5. The van der Waals surface area contributed by atoms with Gasteiger partial charge in [-0.1, -0.05) is 74.2 Å². The average molecular weight is 847 g/mol. The van der Waals surface area contributed by atoms with E-state index < -0.39 is 18.0 Å². The number of benzene rings is 1. The van der Waals surface area contributed by atoms with Crippen LogP contribution in [-0.2, 0) is 19.1 Å². The van der Waals surface area contributed by atoms with E-state index in [0.717, 1.165) is 86.8 Å². The number of rotatable bonds is 15. The fourth-order valence-corrected chi connectivity index (χ4v) is 9.82. The molecule has 7 rings (SSSR count). The number of hydrogen-bond donors (Lipinski definition) is 4. The highest BCUT2D eigenvalue weighted by Gasteiger charge is 2.40. The topological polar surface area (TPSA) is 170 Å². The summed E-state index contributed by atoms with van der Waals surface area (Å²) in [5, 5.41) is 13.7. The molecule has 61 heavy (non-hydrogen) atoms. The summed E-state index contributed by atoms with van der Waals surface area (Å²) in [5.74, 6) is 0.0174. The van der Waals surface area contributed by atoms with Crippen molar-refractivity contribution in [3.8, 4) is 0 Å². The van der Waals surface area contributed by atoms with Crippen LogP contribution < -0.4 is 26.8 Å². The number of carbonyl (C=O) groups excluding carboxylic acids is 4. The number of pyridine rings is 1. The van der Waals surface area contributed by atoms with Crippen LogP contribution in [0.15, 0.2) is 83.3 Å². The molecule has 2 aliphatic heterocycles. The first-order chi connectivity index (χ1) is 29.6. The van der Waals surface area contributed by atoms with Gasteiger partial charge in [0.2, 0.25) is 23.5 Å². The Hall–Kier alpha value is -5.19. The van der Waals surface area contributed by atoms with Crippen molar-refractivity contribution < 1.29 is 23.9 Å². The molecule has 3 amide bonds. The number of thiazole rings is 1. The maximum absolute atomic E-state index is 14.2. The number of likely N-dealkylation sites (N-methyl/N-ethyl adjacent to an activating group) is 1. The van der Waals surface area contributed by atoms with Crippen molar-refractivity contribution in [3.63, 3.8) is 0 Å². The molecule has 321 valence electrons. The second-order valence-electron chi connectivity index (χ2n) is 16.5. The van der Waals surface area contributed by atoms with Crippen LogP contribution in [-0.4, -0.2) is 102 Å². The Balaban J connectivity index is 0.914. The first kappa shape index (κ1) is 43.9. The number of nitrogens with one attached hydrogen (secondary N) is 4. The van der Waals surface area contributed by atoms with E-state index in [-0.39, 0.29) is 47.2 Å². The lowest BCUT2D eigenvalue weighted by atomic mass is 9.54. The zero-order valence-electron chi connectivity index (χ0n) is 35.4. The predicted octanol–water partition coefficient (Wildman–Crippen LogP) is 4.55. The van der Waals surface area contributed by atoms with Gasteiger partial charge in [0.15, 0.2) is 7.28 Å². The van der Waals surface area contributed by atoms with Gasteiger partial charge in [0, 0.05) is 47.7 Å². The molecule has 0 spiro atoms. The second kappa shape index (κ2) is 20.6. The van der Waals surface area contributed by atoms with E-state index in [1.54, 1.807) is 38.5 Å². The van der Waals surface area contributed by atoms with Crippen molar-refractivity contribution >= 4 is 53.5 Å². The molecule has 2 saturated carbocycles. The van der Waals surface area contributed by atoms with Crippen LogP contribution in [0.2, 0.25) is 5.82 Å². The number of hydrazine groups is 1. The highest BCUT2D eigenvalue weighted by atomic mass is 32.1. The highest BCUT2D eigenvalue weighted by Crippen LogP contribution is 2.37. The molecule has 1 aromatic carbocycles. The summed E-state index contributed by atoms with van der Waals surface area (Å²) in [6.45, 7) is 6.74. The van der Waals surface area contributed by atoms with Gasteiger partial charge in [-0.2, -0.15) is 0 Å². The van der Waals surface area contributed by atoms with Crippen molar-refractivity contribution in [1.29, 1.82) is 0 Å². The highest BCUT2D eigenvalue weighted by molar-refractivity contribution is 7.10. The number of amides is 3. The molecule has 4 N–H and O–H groups in total. The number of aromatic nitrogens is 2. The van der Waals surface area contributed by atoms with Gasteiger partial charge in [0.25, 0.3) is 5.91 Å². The normalized spacial score (nSPS) is 21.9. The van der Waals surface area contributed by atoms with E-state index in [1.807, 2.05) is 40.7 Å². The van der Waals surface area contributed by atoms with Crippen molar-refractivity contribution in [3.05, 3.63) is 100 Å². The van der Waals surface area contributed by atoms with E-state index in [0.29, 0.717) is 35.7 Å². The Morgan fingerprint density at radius 3 is 2.51 bits per heavy atom. The van der Waals surface area contributed by atoms with E-state index in [1.165, 1.54) is 18.4 Å². The Bertz CT molecular complexity index is 2110. The largest absolute Gasteiger partial charge is 0.481 e. The monoisotopic (exact) mass is 846 g/mol. The van der Waals surface area contributed by atoms with Gasteiger partial charge in [-0.15, -0.1) is 11.3 Å². The first-order valence-electron chi connectivity index (χ1n) is 21.6. The molecule has 2 aromatic heterocycles. The summed E-state index contributed by atoms with van der Waals surface area (Å²) in [4.78, 5) is 69.0. The number of methoxy groups -OCH3 is 1. The number of aliphatic imine (C=N–C) groups is 1. The van der Waals surface area contributed by atoms with Crippen LogP contribution in [0.25, 0.3) is 0 Å². The molecular weight excluding hydrogens is 789 g/mol. The molecule has 3 atom stereocenters. The Morgan fingerprint density at radius 1 is 1.00 bits per heavy atom. The Labute approximate surface area is 363 Å². The van der Waals surface area contributed by atoms with E-state index in [2.05, 4.69) is 50.2 Å². The molecule has 3 fully saturated rings. The van der Waals surface area contributed by atoms with E-state index >= 15 is 0 Å². The summed E-state index contributed by atoms with van der Waals surface area (Å²) in [5.41, 5.74) is 6.86. The van der Waals surface area contributed by atoms with Crippen LogP contribution in [0.5, 0.6) is 0 Å². The average Bonchev–Trinajstić information content (AvgIpc) is 4.10. The predicted molar refractivity (Wildman–Crippen MR) is 237 cm³/mol. The van der Waals surface area contributed by atoms with Crippen LogP contribution in [0.1, 0.15) is 110 Å². The van der Waals surface area contributed by atoms with E-state index in [9.17, 15) is 19.2 Å². The fraction of sp³-hybridized carbons (Fsp3) is 0.489. The third kappa shape index (κ3) is 10.8. The lowest BCUT2D eigenvalue weighted by Crippen LogP contribution is -2.55. The summed E-state index contributed by atoms with van der Waals surface area (Å²) < 4.78 is 5.37. The lowest BCUT2D eigenvalue weighted by Gasteiger charge is -2.35. The minimum absolute atomic E-state index is 0.0391. The van der Waals surface area contributed by atoms with E-state index in [4.69, 9.17) is 9.72 Å². The van der Waals surface area contributed by atoms with Gasteiger partial charge in [-0.25, -0.2) is 15.4 Å². The SMILES string of the molecule is C=C(N=C(OC)c1ccncc1)C(=O)NC1=CN(C2CCC([B]c3cccc(C(=O)c4csc([C@@H]5CCCN5C(=O)[C@@H](NC(=O)[C@H](C)NC)C5CCCCC5)n4)c3)CC2)NC1. The number of ketones is 1. The number of hydrogen-bond acceptors (Lipinski definition) is 12. The molecule has 3 aromatic rings. The molecule has 0 unspecified atom stereocenters. The van der Waals surface area contributed by atoms with Crippen LogP contribution in [0.4, 0.5) is 0 Å². The number of carbonyl (C=O) groups is 4. The molecule has 1 radical (unpaired) electrons. The summed E-state index contributed by atoms with van der Waals surface area (Å²) >= 11 is 1.43. The maximum atomic E-state index is 14.2. The quantitative estimate of drug-likeness (QED) is 0.0560. The number of ether oxygens (including phenoxy) is 1. The Kier molecular flexibility index (Phi) is 14.8. The fourth-order valence-electron chi connectivity index (χ4n) is 8.88. The summed E-state index contributed by atoms with van der Waals surface area (Å²) in [7, 11) is 5.51. The smallest absolute Gasteiger partial charge is 0.273 e. The maximum Gasteiger partial charge on any atom is 0.273 e.